The predicted molar refractivity (Wildman–Crippen MR) is 43.4 cm³/mol. The molecule has 0 rings (SSSR count). The highest BCUT2D eigenvalue weighted by atomic mass is 31.1. The molecule has 0 aliphatic rings. The van der Waals surface area contributed by atoms with E-state index < -0.39 is 19.8 Å². The minimum Gasteiger partial charge on any atom is -0.479 e. The van der Waals surface area contributed by atoms with Gasteiger partial charge in [-0.2, -0.15) is 0 Å². The number of aliphatic hydroxyl groups is 1. The van der Waals surface area contributed by atoms with Crippen LogP contribution < -0.4 is 0 Å². The maximum atomic E-state index is 10.4. The van der Waals surface area contributed by atoms with E-state index in [1.54, 1.807) is 19.0 Å². The van der Waals surface area contributed by atoms with Crippen LogP contribution in [0.3, 0.4) is 0 Å². The Balaban J connectivity index is 4.15. The number of hydrogen-bond acceptors (Lipinski definition) is 4. The molecule has 0 heterocycles. The summed E-state index contributed by atoms with van der Waals surface area (Å²) >= 11 is 0. The van der Waals surface area contributed by atoms with Crippen molar-refractivity contribution < 1.29 is 19.6 Å². The zero-order valence-corrected chi connectivity index (χ0v) is 7.91. The molecule has 0 amide bonds. The van der Waals surface area contributed by atoms with Crippen LogP contribution in [0.1, 0.15) is 6.42 Å². The van der Waals surface area contributed by atoms with Crippen LogP contribution in [0, 0.1) is 0 Å². The molecule has 6 heteroatoms. The Morgan fingerprint density at radius 2 is 2.08 bits per heavy atom. The van der Waals surface area contributed by atoms with Crippen molar-refractivity contribution in [3.05, 3.63) is 0 Å². The van der Waals surface area contributed by atoms with Crippen LogP contribution in [-0.2, 0) is 9.36 Å². The minimum atomic E-state index is -2.13. The summed E-state index contributed by atoms with van der Waals surface area (Å²) in [7, 11) is 2.71. The van der Waals surface area contributed by atoms with Gasteiger partial charge < -0.3 is 15.1 Å². The molecule has 0 aliphatic heterocycles. The van der Waals surface area contributed by atoms with Gasteiger partial charge >= 0.3 is 5.97 Å². The maximum Gasteiger partial charge on any atom is 0.348 e. The lowest BCUT2D eigenvalue weighted by Crippen LogP contribution is -2.35. The van der Waals surface area contributed by atoms with Gasteiger partial charge in [-0.05, 0) is 14.1 Å². The SMILES string of the molecule is CN(C)CCC(O)(P=O)C(=O)O. The molecule has 0 spiro atoms. The Labute approximate surface area is 72.2 Å². The molecular formula is C6H12NO4P. The molecule has 0 fully saturated rings. The third kappa shape index (κ3) is 3.26. The first kappa shape index (κ1) is 11.5. The fourth-order valence-corrected chi connectivity index (χ4v) is 0.841. The molecule has 0 saturated heterocycles. The van der Waals surface area contributed by atoms with E-state index in [1.807, 2.05) is 0 Å². The van der Waals surface area contributed by atoms with Gasteiger partial charge in [0.15, 0.2) is 0 Å². The summed E-state index contributed by atoms with van der Waals surface area (Å²) in [4.78, 5) is 12.1. The van der Waals surface area contributed by atoms with E-state index in [-0.39, 0.29) is 6.42 Å². The van der Waals surface area contributed by atoms with Gasteiger partial charge in [-0.25, -0.2) is 4.79 Å². The summed E-state index contributed by atoms with van der Waals surface area (Å²) in [5, 5.41) is 15.5. The van der Waals surface area contributed by atoms with E-state index in [9.17, 15) is 14.5 Å². The number of aliphatic carboxylic acids is 1. The molecule has 0 aromatic rings. The van der Waals surface area contributed by atoms with Crippen LogP contribution in [0.5, 0.6) is 0 Å². The Morgan fingerprint density at radius 3 is 2.33 bits per heavy atom. The third-order valence-corrected chi connectivity index (χ3v) is 2.12. The van der Waals surface area contributed by atoms with Crippen molar-refractivity contribution in [1.29, 1.82) is 0 Å². The first-order chi connectivity index (χ1) is 5.42. The van der Waals surface area contributed by atoms with E-state index in [2.05, 4.69) is 0 Å². The molecule has 1 atom stereocenters. The molecule has 0 radical (unpaired) electrons. The lowest BCUT2D eigenvalue weighted by atomic mass is 10.2. The largest absolute Gasteiger partial charge is 0.479 e. The molecule has 70 valence electrons. The standard InChI is InChI=1S/C6H12NO4P/c1-7(2)4-3-6(10,12-11)5(8)9/h10H,3-4H2,1-2H3,(H,8,9). The molecular weight excluding hydrogens is 181 g/mol. The number of carboxylic acids is 1. The van der Waals surface area contributed by atoms with Crippen molar-refractivity contribution >= 4 is 14.4 Å². The maximum absolute atomic E-state index is 10.4. The van der Waals surface area contributed by atoms with E-state index in [4.69, 9.17) is 5.11 Å². The number of hydrogen-bond donors (Lipinski definition) is 2. The van der Waals surface area contributed by atoms with Gasteiger partial charge in [0, 0.05) is 13.0 Å². The van der Waals surface area contributed by atoms with E-state index in [0.717, 1.165) is 0 Å². The Bertz CT molecular complexity index is 184. The third-order valence-electron chi connectivity index (χ3n) is 1.40. The lowest BCUT2D eigenvalue weighted by Gasteiger charge is -2.17. The summed E-state index contributed by atoms with van der Waals surface area (Å²) in [6, 6.07) is 0. The molecule has 0 aliphatic carbocycles. The monoisotopic (exact) mass is 193 g/mol. The zero-order valence-electron chi connectivity index (χ0n) is 7.02. The number of nitrogens with zero attached hydrogens (tertiary/aromatic N) is 1. The van der Waals surface area contributed by atoms with Gasteiger partial charge in [-0.3, -0.25) is 4.57 Å². The van der Waals surface area contributed by atoms with Crippen molar-refractivity contribution in [3.63, 3.8) is 0 Å². The average Bonchev–Trinajstić information content (AvgIpc) is 1.99. The van der Waals surface area contributed by atoms with Crippen LogP contribution in [0.2, 0.25) is 0 Å². The molecule has 0 bridgehead atoms. The van der Waals surface area contributed by atoms with Gasteiger partial charge in [0.1, 0.15) is 0 Å². The second-order valence-corrected chi connectivity index (χ2v) is 3.69. The molecule has 0 aromatic carbocycles. The van der Waals surface area contributed by atoms with E-state index in [1.165, 1.54) is 0 Å². The smallest absolute Gasteiger partial charge is 0.348 e. The fourth-order valence-electron chi connectivity index (χ4n) is 0.571. The van der Waals surface area contributed by atoms with Gasteiger partial charge in [-0.15, -0.1) is 0 Å². The summed E-state index contributed by atoms with van der Waals surface area (Å²) in [5.74, 6) is -1.46. The fraction of sp³-hybridized carbons (Fsp3) is 0.833. The molecule has 1 unspecified atom stereocenters. The summed E-state index contributed by atoms with van der Waals surface area (Å²) < 4.78 is 10.3. The van der Waals surface area contributed by atoms with Gasteiger partial charge in [0.05, 0.1) is 0 Å². The Kier molecular flexibility index (Phi) is 4.31. The van der Waals surface area contributed by atoms with E-state index in [0.29, 0.717) is 6.54 Å². The van der Waals surface area contributed by atoms with Crippen LogP contribution >= 0.6 is 8.46 Å². The highest BCUT2D eigenvalue weighted by Gasteiger charge is 2.36. The molecule has 0 aromatic heterocycles. The normalized spacial score (nSPS) is 16.3. The second kappa shape index (κ2) is 4.50. The molecule has 12 heavy (non-hydrogen) atoms. The molecule has 2 N–H and O–H groups in total. The van der Waals surface area contributed by atoms with Crippen LogP contribution in [0.15, 0.2) is 0 Å². The predicted octanol–water partition coefficient (Wildman–Crippen LogP) is 0.00300. The topological polar surface area (TPSA) is 77.8 Å². The minimum absolute atomic E-state index is 0.0552. The molecule has 0 saturated carbocycles. The summed E-state index contributed by atoms with van der Waals surface area (Å²) in [5.41, 5.74) is 0. The van der Waals surface area contributed by atoms with Crippen molar-refractivity contribution in [3.8, 4) is 0 Å². The highest BCUT2D eigenvalue weighted by molar-refractivity contribution is 7.27. The van der Waals surface area contributed by atoms with Crippen molar-refractivity contribution in [2.45, 2.75) is 11.8 Å². The Morgan fingerprint density at radius 1 is 1.58 bits per heavy atom. The van der Waals surface area contributed by atoms with Gasteiger partial charge in [0.2, 0.25) is 13.8 Å². The van der Waals surface area contributed by atoms with Crippen molar-refractivity contribution in [2.75, 3.05) is 20.6 Å². The quantitative estimate of drug-likeness (QED) is 0.601. The van der Waals surface area contributed by atoms with Crippen molar-refractivity contribution in [1.82, 2.24) is 4.90 Å². The van der Waals surface area contributed by atoms with Crippen LogP contribution in [-0.4, -0.2) is 47.1 Å². The average molecular weight is 193 g/mol. The van der Waals surface area contributed by atoms with Crippen molar-refractivity contribution in [2.24, 2.45) is 0 Å². The van der Waals surface area contributed by atoms with E-state index >= 15 is 0 Å². The van der Waals surface area contributed by atoms with Gasteiger partial charge in [-0.1, -0.05) is 0 Å². The van der Waals surface area contributed by atoms with Crippen LogP contribution in [0.4, 0.5) is 0 Å². The summed E-state index contributed by atoms with van der Waals surface area (Å²) in [6.07, 6.45) is -0.0552. The Hall–Kier alpha value is -0.510. The zero-order chi connectivity index (χ0) is 9.78. The lowest BCUT2D eigenvalue weighted by molar-refractivity contribution is -0.150. The number of carbonyl (C=O) groups is 1. The first-order valence-electron chi connectivity index (χ1n) is 3.37. The second-order valence-electron chi connectivity index (χ2n) is 2.77. The summed E-state index contributed by atoms with van der Waals surface area (Å²) in [6.45, 7) is 0.373. The first-order valence-corrected chi connectivity index (χ1v) is 4.18. The highest BCUT2D eigenvalue weighted by Crippen LogP contribution is 2.23. The number of rotatable bonds is 5. The van der Waals surface area contributed by atoms with Gasteiger partial charge in [0.25, 0.3) is 0 Å². The number of carboxylic acid groups (broad SMARTS) is 1. The van der Waals surface area contributed by atoms with Crippen LogP contribution in [0.25, 0.3) is 0 Å². The molecule has 5 nitrogen and oxygen atoms in total.